The second kappa shape index (κ2) is 9.75. The second-order valence-electron chi connectivity index (χ2n) is 7.37. The standard InChI is InChI=1S/C20H26N2O8S/c1-28-19(24)15-10-16(20(25)29-2)12-17(11-15)31(26,27)22-5-3-4-14(13-22)18(23)21-6-8-30-9-7-21/h10-12,14H,3-9,13H2,1-2H3. The third-order valence-electron chi connectivity index (χ3n) is 5.44. The van der Waals surface area contributed by atoms with Gasteiger partial charge in [-0.15, -0.1) is 0 Å². The minimum Gasteiger partial charge on any atom is -0.465 e. The van der Waals surface area contributed by atoms with Crippen LogP contribution in [-0.2, 0) is 29.0 Å². The number of carbonyl (C=O) groups excluding carboxylic acids is 3. The maximum atomic E-state index is 13.3. The van der Waals surface area contributed by atoms with E-state index in [4.69, 9.17) is 4.74 Å². The number of benzene rings is 1. The van der Waals surface area contributed by atoms with E-state index in [0.29, 0.717) is 39.1 Å². The molecule has 1 atom stereocenters. The molecule has 1 aromatic carbocycles. The van der Waals surface area contributed by atoms with E-state index in [1.165, 1.54) is 22.5 Å². The smallest absolute Gasteiger partial charge is 0.337 e. The first-order valence-electron chi connectivity index (χ1n) is 9.96. The normalized spacial score (nSPS) is 20.2. The second-order valence-corrected chi connectivity index (χ2v) is 9.31. The third kappa shape index (κ3) is 5.05. The molecule has 0 aromatic heterocycles. The summed E-state index contributed by atoms with van der Waals surface area (Å²) < 4.78 is 42.5. The van der Waals surface area contributed by atoms with Gasteiger partial charge in [0.05, 0.1) is 49.4 Å². The Morgan fingerprint density at radius 3 is 2.10 bits per heavy atom. The molecular formula is C20H26N2O8S. The van der Waals surface area contributed by atoms with Crippen LogP contribution in [0.4, 0.5) is 0 Å². The topological polar surface area (TPSA) is 120 Å². The van der Waals surface area contributed by atoms with Gasteiger partial charge in [0.25, 0.3) is 0 Å². The Bertz CT molecular complexity index is 922. The number of esters is 2. The first kappa shape index (κ1) is 23.2. The molecule has 10 nitrogen and oxygen atoms in total. The van der Waals surface area contributed by atoms with E-state index in [-0.39, 0.29) is 35.0 Å². The highest BCUT2D eigenvalue weighted by molar-refractivity contribution is 7.89. The van der Waals surface area contributed by atoms with Crippen molar-refractivity contribution < 1.29 is 37.0 Å². The number of methoxy groups -OCH3 is 2. The summed E-state index contributed by atoms with van der Waals surface area (Å²) in [5.74, 6) is -2.09. The van der Waals surface area contributed by atoms with Gasteiger partial charge in [0.15, 0.2) is 0 Å². The van der Waals surface area contributed by atoms with Gasteiger partial charge in [-0.1, -0.05) is 0 Å². The predicted octanol–water partition coefficient (Wildman–Crippen LogP) is 0.519. The molecular weight excluding hydrogens is 428 g/mol. The van der Waals surface area contributed by atoms with E-state index in [0.717, 1.165) is 14.2 Å². The van der Waals surface area contributed by atoms with Gasteiger partial charge in [-0.2, -0.15) is 4.31 Å². The van der Waals surface area contributed by atoms with Crippen molar-refractivity contribution in [2.45, 2.75) is 17.7 Å². The Hall–Kier alpha value is -2.50. The first-order chi connectivity index (χ1) is 14.8. The number of hydrogen-bond donors (Lipinski definition) is 0. The van der Waals surface area contributed by atoms with Crippen molar-refractivity contribution in [3.8, 4) is 0 Å². The molecule has 2 aliphatic rings. The average Bonchev–Trinajstić information content (AvgIpc) is 2.82. The van der Waals surface area contributed by atoms with Crippen molar-refractivity contribution in [3.05, 3.63) is 29.3 Å². The molecule has 0 saturated carbocycles. The molecule has 0 spiro atoms. The van der Waals surface area contributed by atoms with E-state index < -0.39 is 27.9 Å². The molecule has 0 aliphatic carbocycles. The summed E-state index contributed by atoms with van der Waals surface area (Å²) in [6.07, 6.45) is 1.12. The minimum absolute atomic E-state index is 0.0362. The monoisotopic (exact) mass is 454 g/mol. The van der Waals surface area contributed by atoms with Gasteiger partial charge < -0.3 is 19.1 Å². The summed E-state index contributed by atoms with van der Waals surface area (Å²) >= 11 is 0. The Balaban J connectivity index is 1.88. The van der Waals surface area contributed by atoms with Gasteiger partial charge in [0, 0.05) is 26.2 Å². The lowest BCUT2D eigenvalue weighted by Crippen LogP contribution is -2.49. The number of amides is 1. The zero-order valence-electron chi connectivity index (χ0n) is 17.5. The third-order valence-corrected chi connectivity index (χ3v) is 7.29. The summed E-state index contributed by atoms with van der Waals surface area (Å²) in [7, 11) is -1.74. The summed E-state index contributed by atoms with van der Waals surface area (Å²) in [4.78, 5) is 38.3. The predicted molar refractivity (Wildman–Crippen MR) is 108 cm³/mol. The number of ether oxygens (including phenoxy) is 3. The van der Waals surface area contributed by atoms with Crippen molar-refractivity contribution in [1.29, 1.82) is 0 Å². The lowest BCUT2D eigenvalue weighted by atomic mass is 9.98. The van der Waals surface area contributed by atoms with Crippen LogP contribution >= 0.6 is 0 Å². The van der Waals surface area contributed by atoms with E-state index in [1.54, 1.807) is 4.90 Å². The van der Waals surface area contributed by atoms with Crippen molar-refractivity contribution in [1.82, 2.24) is 9.21 Å². The molecule has 31 heavy (non-hydrogen) atoms. The Morgan fingerprint density at radius 2 is 1.55 bits per heavy atom. The van der Waals surface area contributed by atoms with Gasteiger partial charge in [-0.25, -0.2) is 18.0 Å². The maximum absolute atomic E-state index is 13.3. The largest absolute Gasteiger partial charge is 0.465 e. The summed E-state index contributed by atoms with van der Waals surface area (Å²) in [5, 5.41) is 0. The minimum atomic E-state index is -4.07. The van der Waals surface area contributed by atoms with Crippen LogP contribution < -0.4 is 0 Å². The van der Waals surface area contributed by atoms with Crippen molar-refractivity contribution in [2.75, 3.05) is 53.6 Å². The number of piperidine rings is 1. The van der Waals surface area contributed by atoms with Crippen LogP contribution in [0.15, 0.2) is 23.1 Å². The number of hydrogen-bond acceptors (Lipinski definition) is 8. The Kier molecular flexibility index (Phi) is 7.29. The highest BCUT2D eigenvalue weighted by Crippen LogP contribution is 2.27. The van der Waals surface area contributed by atoms with E-state index in [1.807, 2.05) is 0 Å². The van der Waals surface area contributed by atoms with Crippen molar-refractivity contribution in [3.63, 3.8) is 0 Å². The fourth-order valence-electron chi connectivity index (χ4n) is 3.77. The Morgan fingerprint density at radius 1 is 0.968 bits per heavy atom. The molecule has 1 aromatic rings. The fourth-order valence-corrected chi connectivity index (χ4v) is 5.37. The van der Waals surface area contributed by atoms with E-state index >= 15 is 0 Å². The zero-order chi connectivity index (χ0) is 22.6. The highest BCUT2D eigenvalue weighted by atomic mass is 32.2. The molecule has 1 unspecified atom stereocenters. The lowest BCUT2D eigenvalue weighted by molar-refractivity contribution is -0.140. The maximum Gasteiger partial charge on any atom is 0.337 e. The summed E-state index contributed by atoms with van der Waals surface area (Å²) in [6.45, 7) is 2.20. The molecule has 0 radical (unpaired) electrons. The molecule has 170 valence electrons. The zero-order valence-corrected chi connectivity index (χ0v) is 18.4. The number of rotatable bonds is 5. The SMILES string of the molecule is COC(=O)c1cc(C(=O)OC)cc(S(=O)(=O)N2CCCC(C(=O)N3CCOCC3)C2)c1. The van der Waals surface area contributed by atoms with Crippen molar-refractivity contribution in [2.24, 2.45) is 5.92 Å². The van der Waals surface area contributed by atoms with Crippen LogP contribution in [-0.4, -0.2) is 89.1 Å². The molecule has 2 heterocycles. The molecule has 11 heteroatoms. The summed E-state index contributed by atoms with van der Waals surface area (Å²) in [5.41, 5.74) is -0.163. The van der Waals surface area contributed by atoms with E-state index in [2.05, 4.69) is 9.47 Å². The number of morpholine rings is 1. The van der Waals surface area contributed by atoms with Gasteiger partial charge in [-0.3, -0.25) is 4.79 Å². The molecule has 0 bridgehead atoms. The highest BCUT2D eigenvalue weighted by Gasteiger charge is 2.36. The quantitative estimate of drug-likeness (QED) is 0.591. The van der Waals surface area contributed by atoms with Crippen LogP contribution in [0.5, 0.6) is 0 Å². The van der Waals surface area contributed by atoms with Gasteiger partial charge in [0.2, 0.25) is 15.9 Å². The molecule has 0 N–H and O–H groups in total. The van der Waals surface area contributed by atoms with Crippen LogP contribution in [0.3, 0.4) is 0 Å². The van der Waals surface area contributed by atoms with Gasteiger partial charge >= 0.3 is 11.9 Å². The van der Waals surface area contributed by atoms with E-state index in [9.17, 15) is 22.8 Å². The number of nitrogens with zero attached hydrogens (tertiary/aromatic N) is 2. The molecule has 2 fully saturated rings. The summed E-state index contributed by atoms with van der Waals surface area (Å²) in [6, 6.07) is 3.56. The number of sulfonamides is 1. The number of carbonyl (C=O) groups is 3. The van der Waals surface area contributed by atoms with Gasteiger partial charge in [0.1, 0.15) is 0 Å². The van der Waals surface area contributed by atoms with Crippen LogP contribution in [0, 0.1) is 5.92 Å². The fraction of sp³-hybridized carbons (Fsp3) is 0.550. The molecule has 2 aliphatic heterocycles. The van der Waals surface area contributed by atoms with Crippen LogP contribution in [0.25, 0.3) is 0 Å². The van der Waals surface area contributed by atoms with Crippen molar-refractivity contribution >= 4 is 27.9 Å². The average molecular weight is 455 g/mol. The van der Waals surface area contributed by atoms with Crippen LogP contribution in [0.2, 0.25) is 0 Å². The molecule has 1 amide bonds. The molecule has 2 saturated heterocycles. The first-order valence-corrected chi connectivity index (χ1v) is 11.4. The van der Waals surface area contributed by atoms with Crippen LogP contribution in [0.1, 0.15) is 33.6 Å². The Labute approximate surface area is 181 Å². The van der Waals surface area contributed by atoms with Gasteiger partial charge in [-0.05, 0) is 31.0 Å². The lowest BCUT2D eigenvalue weighted by Gasteiger charge is -2.35. The molecule has 3 rings (SSSR count).